The maximum Gasteiger partial charge on any atom is 0.104 e. The second-order valence-electron chi connectivity index (χ2n) is 2.94. The lowest BCUT2D eigenvalue weighted by Gasteiger charge is -2.34. The van der Waals surface area contributed by atoms with Gasteiger partial charge in [0.25, 0.3) is 0 Å². The third-order valence-corrected chi connectivity index (χ3v) is 2.42. The van der Waals surface area contributed by atoms with Crippen molar-refractivity contribution in [2.45, 2.75) is 31.7 Å². The van der Waals surface area contributed by atoms with Crippen molar-refractivity contribution >= 4 is 12.6 Å². The highest BCUT2D eigenvalue weighted by molar-refractivity contribution is 7.80. The lowest BCUT2D eigenvalue weighted by Crippen LogP contribution is -2.45. The minimum atomic E-state index is -0.147. The second kappa shape index (κ2) is 5.07. The van der Waals surface area contributed by atoms with Crippen molar-refractivity contribution in [2.75, 3.05) is 19.0 Å². The van der Waals surface area contributed by atoms with Gasteiger partial charge in [0.1, 0.15) is 6.10 Å². The molecule has 72 valence electrons. The van der Waals surface area contributed by atoms with E-state index < -0.39 is 0 Å². The van der Waals surface area contributed by atoms with Crippen molar-refractivity contribution in [3.63, 3.8) is 0 Å². The summed E-state index contributed by atoms with van der Waals surface area (Å²) < 4.78 is 11.0. The molecule has 12 heavy (non-hydrogen) atoms. The third-order valence-electron chi connectivity index (χ3n) is 2.06. The van der Waals surface area contributed by atoms with Crippen LogP contribution in [0.1, 0.15) is 13.3 Å². The summed E-state index contributed by atoms with van der Waals surface area (Å²) in [6.07, 6.45) is 0.933. The Morgan fingerprint density at radius 3 is 2.75 bits per heavy atom. The van der Waals surface area contributed by atoms with Gasteiger partial charge in [-0.15, -0.1) is 0 Å². The van der Waals surface area contributed by atoms with E-state index in [1.165, 1.54) is 0 Å². The summed E-state index contributed by atoms with van der Waals surface area (Å²) in [5, 5.41) is 8.84. The first-order valence-corrected chi connectivity index (χ1v) is 4.93. The summed E-state index contributed by atoms with van der Waals surface area (Å²) in [5.41, 5.74) is 0. The molecule has 1 saturated heterocycles. The van der Waals surface area contributed by atoms with Gasteiger partial charge in [0.15, 0.2) is 0 Å². The van der Waals surface area contributed by atoms with E-state index in [-0.39, 0.29) is 24.9 Å². The minimum absolute atomic E-state index is 0.0375. The molecule has 0 bridgehead atoms. The SMILES string of the molecule is CCC1OC(CO)COC1CS. The number of thiol groups is 1. The molecule has 0 aromatic carbocycles. The molecule has 0 aromatic heterocycles. The van der Waals surface area contributed by atoms with Crippen LogP contribution >= 0.6 is 12.6 Å². The lowest BCUT2D eigenvalue weighted by molar-refractivity contribution is -0.182. The highest BCUT2D eigenvalue weighted by Crippen LogP contribution is 2.18. The monoisotopic (exact) mass is 192 g/mol. The normalized spacial score (nSPS) is 36.8. The zero-order chi connectivity index (χ0) is 8.97. The first kappa shape index (κ1) is 10.3. The number of ether oxygens (including phenoxy) is 2. The fourth-order valence-corrected chi connectivity index (χ4v) is 1.68. The second-order valence-corrected chi connectivity index (χ2v) is 3.31. The van der Waals surface area contributed by atoms with Gasteiger partial charge in [-0.1, -0.05) is 6.92 Å². The van der Waals surface area contributed by atoms with Crippen LogP contribution in [0, 0.1) is 0 Å². The highest BCUT2D eigenvalue weighted by Gasteiger charge is 2.29. The summed E-state index contributed by atoms with van der Waals surface area (Å²) >= 11 is 4.17. The van der Waals surface area contributed by atoms with Crippen LogP contribution in [0.2, 0.25) is 0 Å². The van der Waals surface area contributed by atoms with Gasteiger partial charge in [-0.2, -0.15) is 12.6 Å². The van der Waals surface area contributed by atoms with E-state index in [2.05, 4.69) is 12.6 Å². The molecule has 1 fully saturated rings. The number of aliphatic hydroxyl groups is 1. The highest BCUT2D eigenvalue weighted by atomic mass is 32.1. The van der Waals surface area contributed by atoms with Crippen LogP contribution in [-0.4, -0.2) is 42.4 Å². The molecule has 0 radical (unpaired) electrons. The molecule has 4 heteroatoms. The largest absolute Gasteiger partial charge is 0.394 e. The van der Waals surface area contributed by atoms with E-state index in [1.54, 1.807) is 0 Å². The average molecular weight is 192 g/mol. The lowest BCUT2D eigenvalue weighted by atomic mass is 10.1. The topological polar surface area (TPSA) is 38.7 Å². The van der Waals surface area contributed by atoms with Crippen LogP contribution in [0.25, 0.3) is 0 Å². The van der Waals surface area contributed by atoms with Gasteiger partial charge in [-0.05, 0) is 6.42 Å². The van der Waals surface area contributed by atoms with Crippen molar-refractivity contribution in [1.29, 1.82) is 0 Å². The van der Waals surface area contributed by atoms with E-state index >= 15 is 0 Å². The number of hydrogen-bond donors (Lipinski definition) is 2. The fraction of sp³-hybridized carbons (Fsp3) is 1.00. The van der Waals surface area contributed by atoms with Crippen molar-refractivity contribution < 1.29 is 14.6 Å². The molecular formula is C8H16O3S. The van der Waals surface area contributed by atoms with Gasteiger partial charge in [0.2, 0.25) is 0 Å². The predicted molar refractivity (Wildman–Crippen MR) is 49.6 cm³/mol. The molecule has 1 aliphatic heterocycles. The predicted octanol–water partition coefficient (Wildman–Crippen LogP) is 0.471. The van der Waals surface area contributed by atoms with Gasteiger partial charge in [0.05, 0.1) is 25.4 Å². The first-order valence-electron chi connectivity index (χ1n) is 4.30. The van der Waals surface area contributed by atoms with Crippen molar-refractivity contribution in [1.82, 2.24) is 0 Å². The average Bonchev–Trinajstić information content (AvgIpc) is 2.16. The van der Waals surface area contributed by atoms with Gasteiger partial charge in [-0.25, -0.2) is 0 Å². The van der Waals surface area contributed by atoms with E-state index in [4.69, 9.17) is 14.6 Å². The molecule has 1 N–H and O–H groups in total. The van der Waals surface area contributed by atoms with E-state index in [0.717, 1.165) is 6.42 Å². The minimum Gasteiger partial charge on any atom is -0.394 e. The fourth-order valence-electron chi connectivity index (χ4n) is 1.34. The van der Waals surface area contributed by atoms with Crippen LogP contribution in [0.5, 0.6) is 0 Å². The van der Waals surface area contributed by atoms with Crippen molar-refractivity contribution in [3.8, 4) is 0 Å². The number of aliphatic hydroxyl groups excluding tert-OH is 1. The molecule has 3 atom stereocenters. The molecule has 0 aliphatic carbocycles. The molecule has 0 spiro atoms. The van der Waals surface area contributed by atoms with Crippen molar-refractivity contribution in [3.05, 3.63) is 0 Å². The molecule has 0 saturated carbocycles. The van der Waals surface area contributed by atoms with Gasteiger partial charge < -0.3 is 14.6 Å². The molecule has 1 heterocycles. The van der Waals surface area contributed by atoms with Crippen LogP contribution in [-0.2, 0) is 9.47 Å². The zero-order valence-electron chi connectivity index (χ0n) is 7.27. The standard InChI is InChI=1S/C8H16O3S/c1-2-7-8(5-12)10-4-6(3-9)11-7/h6-9,12H,2-5H2,1H3. The van der Waals surface area contributed by atoms with Gasteiger partial charge in [0, 0.05) is 5.75 Å². The first-order chi connectivity index (χ1) is 5.81. The number of hydrogen-bond acceptors (Lipinski definition) is 4. The summed E-state index contributed by atoms with van der Waals surface area (Å²) in [4.78, 5) is 0. The molecule has 0 aromatic rings. The smallest absolute Gasteiger partial charge is 0.104 e. The Morgan fingerprint density at radius 1 is 1.50 bits per heavy atom. The van der Waals surface area contributed by atoms with E-state index in [9.17, 15) is 0 Å². The Balaban J connectivity index is 2.41. The van der Waals surface area contributed by atoms with Crippen LogP contribution in [0.4, 0.5) is 0 Å². The van der Waals surface area contributed by atoms with Crippen molar-refractivity contribution in [2.24, 2.45) is 0 Å². The van der Waals surface area contributed by atoms with Gasteiger partial charge >= 0.3 is 0 Å². The van der Waals surface area contributed by atoms with Crippen LogP contribution in [0.3, 0.4) is 0 Å². The Labute approximate surface area is 78.5 Å². The third kappa shape index (κ3) is 2.36. The molecular weight excluding hydrogens is 176 g/mol. The molecule has 1 rings (SSSR count). The Bertz CT molecular complexity index is 131. The molecule has 3 nitrogen and oxygen atoms in total. The molecule has 0 amide bonds. The summed E-state index contributed by atoms with van der Waals surface area (Å²) in [6.45, 7) is 2.57. The van der Waals surface area contributed by atoms with Crippen LogP contribution < -0.4 is 0 Å². The quantitative estimate of drug-likeness (QED) is 0.638. The Kier molecular flexibility index (Phi) is 4.35. The summed E-state index contributed by atoms with van der Waals surface area (Å²) in [6, 6.07) is 0. The summed E-state index contributed by atoms with van der Waals surface area (Å²) in [5.74, 6) is 0.677. The van der Waals surface area contributed by atoms with Crippen LogP contribution in [0.15, 0.2) is 0 Å². The van der Waals surface area contributed by atoms with E-state index in [1.807, 2.05) is 6.92 Å². The van der Waals surface area contributed by atoms with Gasteiger partial charge in [-0.3, -0.25) is 0 Å². The maximum atomic E-state index is 8.84. The molecule has 1 aliphatic rings. The Morgan fingerprint density at radius 2 is 2.25 bits per heavy atom. The van der Waals surface area contributed by atoms with E-state index in [0.29, 0.717) is 12.4 Å². The molecule has 3 unspecified atom stereocenters. The zero-order valence-corrected chi connectivity index (χ0v) is 8.17. The Hall–Kier alpha value is 0.230. The summed E-state index contributed by atoms with van der Waals surface area (Å²) in [7, 11) is 0. The number of rotatable bonds is 3. The maximum absolute atomic E-state index is 8.84.